The lowest BCUT2D eigenvalue weighted by atomic mass is 10.3. The van der Waals surface area contributed by atoms with Crippen LogP contribution < -0.4 is 14.0 Å². The van der Waals surface area contributed by atoms with Crippen molar-refractivity contribution in [3.8, 4) is 0 Å². The fourth-order valence-corrected chi connectivity index (χ4v) is 5.13. The van der Waals surface area contributed by atoms with Gasteiger partial charge >= 0.3 is 0 Å². The van der Waals surface area contributed by atoms with Crippen molar-refractivity contribution in [1.82, 2.24) is 4.90 Å². The third-order valence-electron chi connectivity index (χ3n) is 1.42. The molecule has 0 N–H and O–H groups in total. The minimum Gasteiger partial charge on any atom is -0.383 e. The van der Waals surface area contributed by atoms with Crippen LogP contribution in [0.3, 0.4) is 0 Å². The van der Waals surface area contributed by atoms with Crippen LogP contribution in [0.4, 0.5) is 0 Å². The predicted octanol–water partition coefficient (Wildman–Crippen LogP) is -1.10. The zero-order valence-electron chi connectivity index (χ0n) is 9.01. The second-order valence-corrected chi connectivity index (χ2v) is 7.62. The van der Waals surface area contributed by atoms with E-state index in [0.717, 1.165) is 4.91 Å². The van der Waals surface area contributed by atoms with E-state index in [-0.39, 0.29) is 0 Å². The number of rotatable bonds is 4. The lowest BCUT2D eigenvalue weighted by molar-refractivity contribution is -1.91. The average Bonchev–Trinajstić information content (AvgIpc) is 2.39. The van der Waals surface area contributed by atoms with E-state index in [1.807, 2.05) is 25.9 Å². The van der Waals surface area contributed by atoms with Gasteiger partial charge in [-0.1, -0.05) is 0 Å². The molecule has 0 aromatic rings. The molecule has 8 heteroatoms. The second kappa shape index (κ2) is 5.54. The second-order valence-electron chi connectivity index (χ2n) is 3.20. The van der Waals surface area contributed by atoms with E-state index in [2.05, 4.69) is 3.74 Å². The summed E-state index contributed by atoms with van der Waals surface area (Å²) in [4.78, 5) is 3.41. The molecule has 0 saturated heterocycles. The van der Waals surface area contributed by atoms with Crippen molar-refractivity contribution in [3.63, 3.8) is 0 Å². The van der Waals surface area contributed by atoms with E-state index in [9.17, 15) is 14.0 Å². The van der Waals surface area contributed by atoms with Crippen molar-refractivity contribution in [1.29, 1.82) is 0 Å². The summed E-state index contributed by atoms with van der Waals surface area (Å²) in [5.74, 6) is 0. The van der Waals surface area contributed by atoms with Gasteiger partial charge in [-0.25, -0.2) is 0 Å². The van der Waals surface area contributed by atoms with Crippen LogP contribution >= 0.6 is 20.6 Å². The molecule has 1 rings (SSSR count). The molecule has 0 aromatic carbocycles. The highest BCUT2D eigenvalue weighted by Gasteiger charge is 2.28. The topological polar surface area (TPSA) is 81.7 Å². The van der Waals surface area contributed by atoms with Gasteiger partial charge < -0.3 is 4.90 Å². The van der Waals surface area contributed by atoms with Gasteiger partial charge in [0.15, 0.2) is 9.80 Å². The summed E-state index contributed by atoms with van der Waals surface area (Å²) in [6.07, 6.45) is 5.30. The molecule has 0 aliphatic carbocycles. The highest BCUT2D eigenvalue weighted by molar-refractivity contribution is 8.83. The van der Waals surface area contributed by atoms with E-state index in [1.54, 1.807) is 18.4 Å². The lowest BCUT2D eigenvalue weighted by Gasteiger charge is -2.12. The molecule has 0 fully saturated rings. The van der Waals surface area contributed by atoms with Gasteiger partial charge in [0.2, 0.25) is 0 Å². The molecule has 0 bridgehead atoms. The Hall–Kier alpha value is -0.0200. The molecule has 1 heterocycles. The summed E-state index contributed by atoms with van der Waals surface area (Å²) >= 11 is 0. The highest BCUT2D eigenvalue weighted by Crippen LogP contribution is 2.46. The Morgan fingerprint density at radius 3 is 2.56 bits per heavy atom. The Bertz CT molecular complexity index is 360. The van der Waals surface area contributed by atoms with E-state index in [4.69, 9.17) is 0 Å². The molecule has 5 nitrogen and oxygen atoms in total. The Morgan fingerprint density at radius 2 is 2.06 bits per heavy atom. The first-order valence-corrected chi connectivity index (χ1v) is 7.93. The normalized spacial score (nSPS) is 21.8. The van der Waals surface area contributed by atoms with Crippen LogP contribution in [-0.2, 0) is 3.74 Å². The molecule has 1 aliphatic rings. The first kappa shape index (κ1) is 14.0. The Morgan fingerprint density at radius 1 is 1.44 bits per heavy atom. The largest absolute Gasteiger partial charge is 0.383 e. The molecule has 0 amide bonds. The van der Waals surface area contributed by atoms with E-state index in [0.29, 0.717) is 4.86 Å². The van der Waals surface area contributed by atoms with E-state index < -0.39 is 20.0 Å². The summed E-state index contributed by atoms with van der Waals surface area (Å²) in [6.45, 7) is 1.83. The fourth-order valence-electron chi connectivity index (χ4n) is 0.886. The molecule has 1 aliphatic heterocycles. The lowest BCUT2D eigenvalue weighted by Crippen LogP contribution is -2.60. The summed E-state index contributed by atoms with van der Waals surface area (Å²) in [5.41, 5.74) is 0. The van der Waals surface area contributed by atoms with Crippen molar-refractivity contribution in [3.05, 3.63) is 23.3 Å². The average molecular weight is 286 g/mol. The number of allylic oxidation sites excluding steroid dienone is 3. The quantitative estimate of drug-likeness (QED) is 0.370. The molecular formula is C8H12ClNO4S2. The van der Waals surface area contributed by atoms with Crippen LogP contribution in [0.25, 0.3) is 0 Å². The van der Waals surface area contributed by atoms with E-state index >= 15 is 0 Å². The van der Waals surface area contributed by atoms with Crippen LogP contribution in [0.5, 0.6) is 0 Å². The summed E-state index contributed by atoms with van der Waals surface area (Å²) in [5, 5.41) is 0. The van der Waals surface area contributed by atoms with Crippen LogP contribution in [0.15, 0.2) is 23.3 Å². The maximum absolute atomic E-state index is 10.5. The number of nitrogens with zero attached hydrogens (tertiary/aromatic N) is 1. The van der Waals surface area contributed by atoms with Crippen molar-refractivity contribution in [2.24, 2.45) is 0 Å². The van der Waals surface area contributed by atoms with E-state index in [1.165, 1.54) is 10.8 Å². The Labute approximate surface area is 103 Å². The third-order valence-corrected chi connectivity index (χ3v) is 5.95. The van der Waals surface area contributed by atoms with Crippen LogP contribution in [-0.4, -0.2) is 23.9 Å². The smallest absolute Gasteiger partial charge is 0.179 e. The number of hydrogen-bond donors (Lipinski definition) is 0. The zero-order chi connectivity index (χ0) is 12.3. The molecule has 16 heavy (non-hydrogen) atoms. The molecule has 92 valence electrons. The molecule has 1 atom stereocenters. The Kier molecular flexibility index (Phi) is 4.87. The third kappa shape index (κ3) is 4.88. The zero-order valence-corrected chi connectivity index (χ0v) is 11.4. The summed E-state index contributed by atoms with van der Waals surface area (Å²) in [6, 6.07) is 0. The monoisotopic (exact) mass is 285 g/mol. The highest BCUT2D eigenvalue weighted by atomic mass is 35.7. The van der Waals surface area contributed by atoms with Crippen molar-refractivity contribution in [2.45, 2.75) is 6.92 Å². The molecule has 0 spiro atoms. The fraction of sp³-hybridized carbons (Fsp3) is 0.375. The number of hydrogen-bond acceptors (Lipinski definition) is 6. The molecular weight excluding hydrogens is 274 g/mol. The van der Waals surface area contributed by atoms with Crippen LogP contribution in [0, 0.1) is 10.2 Å². The van der Waals surface area contributed by atoms with Gasteiger partial charge in [0.05, 0.1) is 15.1 Å². The van der Waals surface area contributed by atoms with Gasteiger partial charge in [-0.15, -0.1) is 0 Å². The van der Waals surface area contributed by atoms with Gasteiger partial charge in [-0.05, 0) is 41.0 Å². The first-order chi connectivity index (χ1) is 7.28. The summed E-state index contributed by atoms with van der Waals surface area (Å²) in [7, 11) is -0.541. The van der Waals surface area contributed by atoms with Gasteiger partial charge in [-0.3, -0.25) is 0 Å². The molecule has 0 aromatic heterocycles. The van der Waals surface area contributed by atoms with Gasteiger partial charge in [-0.2, -0.15) is 14.0 Å². The molecule has 0 radical (unpaired) electrons. The SMILES string of the molecule is CC1=CC(/C=C\N(C)C)=S(O[Cl+3]([O-])([O-])[O-])S1. The minimum atomic E-state index is -4.39. The number of halogens is 1. The van der Waals surface area contributed by atoms with Gasteiger partial charge in [0, 0.05) is 14.1 Å². The summed E-state index contributed by atoms with van der Waals surface area (Å²) < 4.78 is 35.9. The first-order valence-electron chi connectivity index (χ1n) is 4.21. The van der Waals surface area contributed by atoms with Crippen molar-refractivity contribution >= 4 is 25.5 Å². The minimum absolute atomic E-state index is 0.683. The molecule has 0 saturated carbocycles. The molecule has 1 unspecified atom stereocenters. The maximum atomic E-state index is 10.5. The van der Waals surface area contributed by atoms with Gasteiger partial charge in [0.25, 0.3) is 0 Å². The Balaban J connectivity index is 2.83. The van der Waals surface area contributed by atoms with Crippen molar-refractivity contribution < 1.29 is 28.0 Å². The van der Waals surface area contributed by atoms with Crippen molar-refractivity contribution in [2.75, 3.05) is 14.1 Å². The van der Waals surface area contributed by atoms with Crippen LogP contribution in [0.2, 0.25) is 0 Å². The maximum Gasteiger partial charge on any atom is 0.179 e. The predicted molar refractivity (Wildman–Crippen MR) is 57.9 cm³/mol. The standard InChI is InChI=1S/C8H12ClNO4S2/c1-7-6-8(4-5-10(2)3)16(15-7)14-9(11,12)13/h4-6H,1-3H3/b5-4-. The van der Waals surface area contributed by atoms with Crippen LogP contribution in [0.1, 0.15) is 6.92 Å². The van der Waals surface area contributed by atoms with Gasteiger partial charge in [0.1, 0.15) is 3.74 Å².